The van der Waals surface area contributed by atoms with Crippen molar-refractivity contribution < 1.29 is 58.0 Å². The summed E-state index contributed by atoms with van der Waals surface area (Å²) in [5.74, 6) is -0.379. The van der Waals surface area contributed by atoms with Crippen molar-refractivity contribution in [1.29, 1.82) is 0 Å². The van der Waals surface area contributed by atoms with Crippen molar-refractivity contribution in [1.82, 2.24) is 43.8 Å². The predicted octanol–water partition coefficient (Wildman–Crippen LogP) is 0.295. The van der Waals surface area contributed by atoms with Crippen molar-refractivity contribution in [2.24, 2.45) is 0 Å². The molecule has 0 unspecified atom stereocenters. The molecule has 2 bridgehead atoms. The van der Waals surface area contributed by atoms with Gasteiger partial charge < -0.3 is 19.9 Å². The van der Waals surface area contributed by atoms with Crippen LogP contribution in [0.1, 0.15) is 12.5 Å². The number of ether oxygens (including phenoxy) is 3. The Morgan fingerprint density at radius 1 is 1.10 bits per heavy atom. The van der Waals surface area contributed by atoms with Crippen LogP contribution in [-0.4, -0.2) is 110 Å². The number of anilines is 1. The van der Waals surface area contributed by atoms with Crippen LogP contribution in [0.2, 0.25) is 0 Å². The van der Waals surface area contributed by atoms with E-state index in [1.807, 2.05) is 4.72 Å². The smallest absolute Gasteiger partial charge is 0.369 e. The van der Waals surface area contributed by atoms with Crippen LogP contribution in [0.25, 0.3) is 22.3 Å². The molecule has 7 rings (SSSR count). The number of nitrogens with zero attached hydrogens (tertiary/aromatic N) is 7. The summed E-state index contributed by atoms with van der Waals surface area (Å²) in [6.07, 6.45) is -14.4. The summed E-state index contributed by atoms with van der Waals surface area (Å²) in [4.78, 5) is 34.4. The Bertz CT molecular complexity index is 2100. The standard InChI is InChI=1S/C22H23F4N10O10PS2/c23-11-13-9(43-19(11)35-6-30-8-1-28-5-29-16(8)35)2-32-49(39,40)46-15-14(41-4-22(24,25)26)10(3-42-47(38,48)45-13)44-20(15)36-7-31-12-17(36)33-21(27)34-18(12)37/h1,5-7,9-11,13-15,19-20,32H,2-4H2,(H,38,48)(H3,27,33,34,37)/t9-,10-,11-,13-,14-,15-,19-,20-,47+/m1/s1. The Balaban J connectivity index is 1.24. The van der Waals surface area contributed by atoms with Gasteiger partial charge in [-0.2, -0.15) is 31.3 Å². The van der Waals surface area contributed by atoms with E-state index in [4.69, 9.17) is 33.2 Å². The number of halogens is 4. The van der Waals surface area contributed by atoms with Crippen LogP contribution >= 0.6 is 19.0 Å². The number of hydrogen-bond acceptors (Lipinski definition) is 16. The van der Waals surface area contributed by atoms with Gasteiger partial charge in [-0.25, -0.2) is 33.1 Å². The van der Waals surface area contributed by atoms with Gasteiger partial charge in [0.2, 0.25) is 5.95 Å². The molecule has 49 heavy (non-hydrogen) atoms. The van der Waals surface area contributed by atoms with Gasteiger partial charge in [-0.1, -0.05) is 12.2 Å². The van der Waals surface area contributed by atoms with E-state index in [1.165, 1.54) is 23.4 Å². The van der Waals surface area contributed by atoms with Crippen molar-refractivity contribution in [2.75, 3.05) is 25.5 Å². The summed E-state index contributed by atoms with van der Waals surface area (Å²) in [6.45, 7) is -8.22. The number of aromatic amines is 1. The number of H-pyrrole nitrogens is 1. The second kappa shape index (κ2) is 12.5. The molecule has 0 amide bonds. The summed E-state index contributed by atoms with van der Waals surface area (Å²) in [5.41, 5.74) is 4.75. The van der Waals surface area contributed by atoms with Gasteiger partial charge >= 0.3 is 23.3 Å². The Morgan fingerprint density at radius 3 is 2.61 bits per heavy atom. The number of nitrogens with two attached hydrogens (primary N) is 1. The van der Waals surface area contributed by atoms with E-state index < -0.39 is 97.7 Å². The highest BCUT2D eigenvalue weighted by Gasteiger charge is 2.54. The van der Waals surface area contributed by atoms with E-state index >= 15 is 4.39 Å². The molecule has 9 atom stereocenters. The minimum Gasteiger partial charge on any atom is -0.369 e. The van der Waals surface area contributed by atoms with Gasteiger partial charge in [-0.15, -0.1) is 0 Å². The SMILES string of the molecule is Nc1nc2c(ncn2[C@@H]2O[C@@H]3CO[P@](=O)(S)O[C@H]4[C@@H](F)[C@H](n5cnc6cncnc65)O[C@@H]4CNS(=O)(=O)O[C@@H]2[C@@H]3OCC(F)(F)F)c(=O)[nH]1. The number of nitrogen functional groups attached to an aromatic ring is 1. The van der Waals surface area contributed by atoms with Gasteiger partial charge in [0.15, 0.2) is 41.5 Å². The third-order valence-electron chi connectivity index (χ3n) is 7.59. The molecule has 3 aliphatic heterocycles. The third kappa shape index (κ3) is 6.76. The van der Waals surface area contributed by atoms with Gasteiger partial charge in [0.25, 0.3) is 5.56 Å². The number of aromatic nitrogens is 8. The highest BCUT2D eigenvalue weighted by molar-refractivity contribution is 8.44. The summed E-state index contributed by atoms with van der Waals surface area (Å²) in [5, 5.41) is 0. The topological polar surface area (TPSA) is 252 Å². The highest BCUT2D eigenvalue weighted by Crippen LogP contribution is 2.57. The molecule has 4 N–H and O–H groups in total. The Labute approximate surface area is 275 Å². The summed E-state index contributed by atoms with van der Waals surface area (Å²) >= 11 is 3.93. The van der Waals surface area contributed by atoms with Crippen molar-refractivity contribution in [3.8, 4) is 0 Å². The molecule has 3 fully saturated rings. The quantitative estimate of drug-likeness (QED) is 0.124. The average molecular weight is 759 g/mol. The monoisotopic (exact) mass is 758 g/mol. The maximum Gasteiger partial charge on any atom is 0.411 e. The van der Waals surface area contributed by atoms with Gasteiger partial charge in [0.1, 0.15) is 42.9 Å². The fourth-order valence-electron chi connectivity index (χ4n) is 5.59. The molecule has 0 aliphatic carbocycles. The number of fused-ring (bicyclic) bond motifs is 5. The lowest BCUT2D eigenvalue weighted by molar-refractivity contribution is -0.195. The molecule has 4 aromatic rings. The van der Waals surface area contributed by atoms with Crippen molar-refractivity contribution >= 4 is 57.6 Å². The average Bonchev–Trinajstić information content (AvgIpc) is 3.78. The molecule has 0 spiro atoms. The minimum absolute atomic E-state index is 0.153. The van der Waals surface area contributed by atoms with Gasteiger partial charge in [0, 0.05) is 6.54 Å². The lowest BCUT2D eigenvalue weighted by Gasteiger charge is -2.25. The Morgan fingerprint density at radius 2 is 1.84 bits per heavy atom. The molecule has 266 valence electrons. The number of nitrogens with one attached hydrogen (secondary N) is 2. The van der Waals surface area contributed by atoms with Crippen molar-refractivity contribution in [3.05, 3.63) is 35.5 Å². The number of imidazole rings is 2. The summed E-state index contributed by atoms with van der Waals surface area (Å²) in [6, 6.07) is 0. The van der Waals surface area contributed by atoms with E-state index in [0.717, 1.165) is 10.9 Å². The number of hydrogen-bond donors (Lipinski definition) is 4. The normalized spacial score (nSPS) is 34.0. The van der Waals surface area contributed by atoms with Crippen LogP contribution in [0.4, 0.5) is 23.5 Å². The fraction of sp³-hybridized carbons (Fsp3) is 0.545. The zero-order valence-corrected chi connectivity index (χ0v) is 26.8. The molecule has 27 heteroatoms. The van der Waals surface area contributed by atoms with Crippen LogP contribution in [0.15, 0.2) is 30.0 Å². The zero-order valence-electron chi connectivity index (χ0n) is 24.2. The predicted molar refractivity (Wildman–Crippen MR) is 156 cm³/mol. The van der Waals surface area contributed by atoms with Crippen LogP contribution < -0.4 is 16.0 Å². The first-order valence-electron chi connectivity index (χ1n) is 13.9. The molecule has 7 heterocycles. The van der Waals surface area contributed by atoms with Crippen molar-refractivity contribution in [2.45, 2.75) is 55.3 Å². The van der Waals surface area contributed by atoms with E-state index in [0.29, 0.717) is 0 Å². The second-order valence-electron chi connectivity index (χ2n) is 10.8. The van der Waals surface area contributed by atoms with Crippen LogP contribution in [-0.2, 0) is 42.3 Å². The van der Waals surface area contributed by atoms with E-state index in [1.54, 1.807) is 0 Å². The molecule has 0 radical (unpaired) electrons. The second-order valence-corrected chi connectivity index (χ2v) is 15.1. The Hall–Kier alpha value is -3.33. The molecule has 0 saturated carbocycles. The lowest BCUT2D eigenvalue weighted by atomic mass is 10.1. The molecule has 3 saturated heterocycles. The molecular weight excluding hydrogens is 735 g/mol. The third-order valence-corrected chi connectivity index (χ3v) is 10.2. The molecule has 4 aromatic heterocycles. The van der Waals surface area contributed by atoms with Crippen LogP contribution in [0.3, 0.4) is 0 Å². The van der Waals surface area contributed by atoms with E-state index in [-0.39, 0.29) is 28.3 Å². The number of rotatable bonds is 4. The fourth-order valence-corrected chi connectivity index (χ4v) is 8.00. The van der Waals surface area contributed by atoms with Gasteiger partial charge in [0.05, 0.1) is 25.5 Å². The molecule has 0 aromatic carbocycles. The van der Waals surface area contributed by atoms with Crippen LogP contribution in [0.5, 0.6) is 0 Å². The highest BCUT2D eigenvalue weighted by atomic mass is 32.7. The summed E-state index contributed by atoms with van der Waals surface area (Å²) < 4.78 is 133. The summed E-state index contributed by atoms with van der Waals surface area (Å²) in [7, 11) is -4.99. The number of thiol groups is 1. The van der Waals surface area contributed by atoms with Crippen LogP contribution in [0, 0.1) is 0 Å². The van der Waals surface area contributed by atoms with Gasteiger partial charge in [-0.05, 0) is 0 Å². The molecule has 3 aliphatic rings. The van der Waals surface area contributed by atoms with Gasteiger partial charge in [-0.3, -0.25) is 28.0 Å². The molecular formula is C22H23F4N10O10PS2. The van der Waals surface area contributed by atoms with E-state index in [9.17, 15) is 30.9 Å². The number of alkyl halides is 4. The van der Waals surface area contributed by atoms with Crippen molar-refractivity contribution in [3.63, 3.8) is 0 Å². The Kier molecular flexibility index (Phi) is 8.68. The maximum absolute atomic E-state index is 16.0. The lowest BCUT2D eigenvalue weighted by Crippen LogP contribution is -2.45. The largest absolute Gasteiger partial charge is 0.411 e. The zero-order chi connectivity index (χ0) is 34.9. The maximum atomic E-state index is 16.0. The minimum atomic E-state index is -4.99. The van der Waals surface area contributed by atoms with E-state index in [2.05, 4.69) is 42.2 Å². The molecule has 20 nitrogen and oxygen atoms in total. The first-order chi connectivity index (χ1) is 23.1. The first-order valence-corrected chi connectivity index (χ1v) is 18.0. The first kappa shape index (κ1) is 34.1.